The van der Waals surface area contributed by atoms with Crippen LogP contribution in [0.2, 0.25) is 0 Å². The zero-order chi connectivity index (χ0) is 41.8. The smallest absolute Gasteiger partial charge is 0.252 e. The Kier molecular flexibility index (Phi) is 9.35. The van der Waals surface area contributed by atoms with Gasteiger partial charge in [0.25, 0.3) is 6.71 Å². The van der Waals surface area contributed by atoms with E-state index in [9.17, 15) is 0 Å². The third-order valence-electron chi connectivity index (χ3n) is 14.0. The largest absolute Gasteiger partial charge is 0.336 e. The maximum Gasteiger partial charge on any atom is 0.252 e. The highest BCUT2D eigenvalue weighted by Gasteiger charge is 2.51. The second kappa shape index (κ2) is 13.9. The minimum Gasteiger partial charge on any atom is -0.336 e. The Morgan fingerprint density at radius 1 is 0.593 bits per heavy atom. The minimum atomic E-state index is -0.00758. The van der Waals surface area contributed by atoms with E-state index in [0.717, 1.165) is 6.42 Å². The molecule has 3 aliphatic heterocycles. The molecule has 3 aliphatic rings. The first kappa shape index (κ1) is 39.7. The average molecular weight is 777 g/mol. The molecule has 3 heteroatoms. The van der Waals surface area contributed by atoms with E-state index in [1.165, 1.54) is 127 Å². The predicted octanol–water partition coefficient (Wildman–Crippen LogP) is 13.7. The lowest BCUT2D eigenvalue weighted by atomic mass is 9.33. The first-order valence-electron chi connectivity index (χ1n) is 22.6. The summed E-state index contributed by atoms with van der Waals surface area (Å²) in [6.45, 7) is 28.6. The normalized spacial score (nSPS) is 17.1. The molecule has 0 aliphatic carbocycles. The minimum absolute atomic E-state index is 0.000320. The van der Waals surface area contributed by atoms with Crippen LogP contribution in [0.25, 0.3) is 21.9 Å². The lowest BCUT2D eigenvalue weighted by molar-refractivity contribution is 0.419. The van der Waals surface area contributed by atoms with E-state index in [2.05, 4.69) is 196 Å². The lowest BCUT2D eigenvalue weighted by Crippen LogP contribution is -2.63. The van der Waals surface area contributed by atoms with Crippen LogP contribution in [0, 0.1) is 6.92 Å². The summed E-state index contributed by atoms with van der Waals surface area (Å²) in [5, 5.41) is 2.54. The van der Waals surface area contributed by atoms with Crippen LogP contribution in [0.3, 0.4) is 0 Å². The third-order valence-corrected chi connectivity index (χ3v) is 14.0. The lowest BCUT2D eigenvalue weighted by Gasteiger charge is -2.48. The van der Waals surface area contributed by atoms with Crippen LogP contribution in [-0.4, -0.2) is 12.3 Å². The molecule has 59 heavy (non-hydrogen) atoms. The fourth-order valence-electron chi connectivity index (χ4n) is 10.6. The van der Waals surface area contributed by atoms with Crippen molar-refractivity contribution in [3.63, 3.8) is 0 Å². The van der Waals surface area contributed by atoms with E-state index in [1.807, 2.05) is 0 Å². The van der Waals surface area contributed by atoms with Crippen LogP contribution in [0.15, 0.2) is 103 Å². The summed E-state index contributed by atoms with van der Waals surface area (Å²) in [7, 11) is 0. The maximum atomic E-state index is 2.85. The van der Waals surface area contributed by atoms with Gasteiger partial charge in [0.1, 0.15) is 0 Å². The SMILES string of the molecule is CCCCCCC1(C)Cc2cc(C(C)(C)C)cc3c2N1c1cc(C)cc2c1B3c1ccc(C(C)(C)C)cc1N2c1ccc(C(C)(C)C)cc1-c1ccc2ccccc2c1. The molecule has 0 N–H and O–H groups in total. The van der Waals surface area contributed by atoms with Crippen LogP contribution in [0.5, 0.6) is 0 Å². The van der Waals surface area contributed by atoms with Crippen LogP contribution in [-0.2, 0) is 22.7 Å². The first-order valence-corrected chi connectivity index (χ1v) is 22.6. The first-order chi connectivity index (χ1) is 27.9. The molecule has 9 rings (SSSR count). The summed E-state index contributed by atoms with van der Waals surface area (Å²) in [4.78, 5) is 5.52. The monoisotopic (exact) mass is 777 g/mol. The second-order valence-corrected chi connectivity index (χ2v) is 21.7. The molecule has 0 saturated heterocycles. The van der Waals surface area contributed by atoms with Crippen LogP contribution >= 0.6 is 0 Å². The maximum absolute atomic E-state index is 2.85. The average Bonchev–Trinajstić information content (AvgIpc) is 3.48. The molecule has 1 unspecified atom stereocenters. The molecule has 0 spiro atoms. The van der Waals surface area contributed by atoms with Crippen molar-refractivity contribution < 1.29 is 0 Å². The van der Waals surface area contributed by atoms with Gasteiger partial charge in [-0.3, -0.25) is 0 Å². The third kappa shape index (κ3) is 6.63. The molecule has 0 aromatic heterocycles. The van der Waals surface area contributed by atoms with Gasteiger partial charge in [0.05, 0.1) is 5.69 Å². The Labute approximate surface area is 356 Å². The van der Waals surface area contributed by atoms with Gasteiger partial charge in [-0.2, -0.15) is 0 Å². The van der Waals surface area contributed by atoms with E-state index < -0.39 is 0 Å². The van der Waals surface area contributed by atoms with Crippen molar-refractivity contribution in [3.05, 3.63) is 131 Å². The Hall–Kier alpha value is -4.76. The van der Waals surface area contributed by atoms with Gasteiger partial charge in [-0.15, -0.1) is 0 Å². The summed E-state index contributed by atoms with van der Waals surface area (Å²) in [6, 6.07) is 40.9. The molecule has 3 heterocycles. The molecule has 0 bridgehead atoms. The molecule has 302 valence electrons. The molecular formula is C56H65BN2. The Morgan fingerprint density at radius 3 is 1.98 bits per heavy atom. The highest BCUT2D eigenvalue weighted by Crippen LogP contribution is 2.52. The van der Waals surface area contributed by atoms with Gasteiger partial charge < -0.3 is 9.80 Å². The number of fused-ring (bicyclic) bond motifs is 5. The molecule has 0 saturated carbocycles. The Morgan fingerprint density at radius 2 is 1.27 bits per heavy atom. The Bertz CT molecular complexity index is 2630. The molecule has 0 radical (unpaired) electrons. The van der Waals surface area contributed by atoms with E-state index in [-0.39, 0.29) is 28.5 Å². The molecule has 6 aromatic carbocycles. The highest BCUT2D eigenvalue weighted by atomic mass is 15.2. The fourth-order valence-corrected chi connectivity index (χ4v) is 10.6. The molecule has 0 fully saturated rings. The number of aryl methyl sites for hydroxylation is 1. The summed E-state index contributed by atoms with van der Waals surface area (Å²) >= 11 is 0. The van der Waals surface area contributed by atoms with E-state index >= 15 is 0 Å². The van der Waals surface area contributed by atoms with Crippen molar-refractivity contribution in [1.82, 2.24) is 0 Å². The summed E-state index contributed by atoms with van der Waals surface area (Å²) in [6.07, 6.45) is 7.39. The van der Waals surface area contributed by atoms with Gasteiger partial charge in [-0.05, 0) is 140 Å². The Balaban J connectivity index is 1.37. The second-order valence-electron chi connectivity index (χ2n) is 21.7. The number of unbranched alkanes of at least 4 members (excludes halogenated alkanes) is 3. The van der Waals surface area contributed by atoms with Gasteiger partial charge in [-0.1, -0.05) is 162 Å². The standard InChI is InChI=1S/C56H65BN2/c1-13-14-15-18-27-56(12)35-40-31-43(55(9,10)11)33-46-52(40)59(56)50-29-36(2)28-49-51(50)57(46)45-25-23-42(54(6,7)8)34-48(45)58(49)47-26-24-41(53(3,4)5)32-44(47)39-22-21-37-19-16-17-20-38(37)30-39/h16-17,19-26,28-34H,13-15,18,27,35H2,1-12H3. The van der Waals surface area contributed by atoms with Crippen molar-refractivity contribution in [1.29, 1.82) is 0 Å². The van der Waals surface area contributed by atoms with Gasteiger partial charge in [0, 0.05) is 33.9 Å². The summed E-state index contributed by atoms with van der Waals surface area (Å²) < 4.78 is 0. The topological polar surface area (TPSA) is 6.48 Å². The van der Waals surface area contributed by atoms with Crippen LogP contribution in [0.1, 0.15) is 136 Å². The van der Waals surface area contributed by atoms with Crippen molar-refractivity contribution in [2.75, 3.05) is 9.80 Å². The van der Waals surface area contributed by atoms with Gasteiger partial charge >= 0.3 is 0 Å². The number of hydrogen-bond donors (Lipinski definition) is 0. The number of hydrogen-bond acceptors (Lipinski definition) is 2. The van der Waals surface area contributed by atoms with Crippen molar-refractivity contribution in [2.45, 2.75) is 143 Å². The number of anilines is 5. The zero-order valence-electron chi connectivity index (χ0n) is 38.0. The molecule has 0 amide bonds. The van der Waals surface area contributed by atoms with E-state index in [4.69, 9.17) is 0 Å². The number of rotatable bonds is 7. The van der Waals surface area contributed by atoms with Crippen molar-refractivity contribution >= 4 is 62.3 Å². The molecule has 6 aromatic rings. The van der Waals surface area contributed by atoms with E-state index in [0.29, 0.717) is 0 Å². The fraction of sp³-hybridized carbons (Fsp3) is 0.393. The summed E-state index contributed by atoms with van der Waals surface area (Å²) in [5.74, 6) is 0. The van der Waals surface area contributed by atoms with Gasteiger partial charge in [-0.25, -0.2) is 0 Å². The van der Waals surface area contributed by atoms with E-state index in [1.54, 1.807) is 0 Å². The van der Waals surface area contributed by atoms with Crippen LogP contribution in [0.4, 0.5) is 28.4 Å². The zero-order valence-corrected chi connectivity index (χ0v) is 38.0. The number of benzene rings is 6. The predicted molar refractivity (Wildman–Crippen MR) is 259 cm³/mol. The summed E-state index contributed by atoms with van der Waals surface area (Å²) in [5.41, 5.74) is 20.7. The van der Waals surface area contributed by atoms with Gasteiger partial charge in [0.2, 0.25) is 0 Å². The molecule has 2 nitrogen and oxygen atoms in total. The van der Waals surface area contributed by atoms with Crippen molar-refractivity contribution in [2.24, 2.45) is 0 Å². The van der Waals surface area contributed by atoms with Crippen molar-refractivity contribution in [3.8, 4) is 11.1 Å². The van der Waals surface area contributed by atoms with Crippen LogP contribution < -0.4 is 26.2 Å². The molecular weight excluding hydrogens is 711 g/mol. The number of nitrogens with zero attached hydrogens (tertiary/aromatic N) is 2. The quantitative estimate of drug-likeness (QED) is 0.117. The van der Waals surface area contributed by atoms with Gasteiger partial charge in [0.15, 0.2) is 0 Å². The molecule has 1 atom stereocenters. The highest BCUT2D eigenvalue weighted by molar-refractivity contribution is 7.00.